The van der Waals surface area contributed by atoms with Gasteiger partial charge in [-0.3, -0.25) is 24.3 Å². The van der Waals surface area contributed by atoms with Crippen molar-refractivity contribution in [1.29, 1.82) is 0 Å². The molecule has 11 nitrogen and oxygen atoms in total. The van der Waals surface area contributed by atoms with E-state index in [4.69, 9.17) is 14.5 Å². The highest BCUT2D eigenvalue weighted by atomic mass is 32.1. The first kappa shape index (κ1) is 32.0. The number of hydrogen-bond acceptors (Lipinski definition) is 9. The van der Waals surface area contributed by atoms with Crippen molar-refractivity contribution in [3.05, 3.63) is 88.6 Å². The van der Waals surface area contributed by atoms with E-state index in [0.717, 1.165) is 31.6 Å². The third kappa shape index (κ3) is 6.11. The molecule has 0 spiro atoms. The molecule has 2 aromatic carbocycles. The van der Waals surface area contributed by atoms with Gasteiger partial charge in [0.15, 0.2) is 4.80 Å². The SMILES string of the molecule is CCN(CC)C(=O)C1=C(C)N=c2s/c(=C\c3cc([N+](=O)[O-])ccc3N3CCC(C)CC3)c(=O)n2[C@H]1c1cc(OC)ccc1OC. The molecule has 0 radical (unpaired) electrons. The third-order valence-corrected chi connectivity index (χ3v) is 9.65. The number of thiazole rings is 1. The van der Waals surface area contributed by atoms with Crippen LogP contribution in [0.2, 0.25) is 0 Å². The van der Waals surface area contributed by atoms with E-state index < -0.39 is 11.0 Å². The molecular formula is C33H39N5O6S. The molecule has 1 saturated heterocycles. The molecule has 1 aromatic heterocycles. The number of methoxy groups -OCH3 is 2. The van der Waals surface area contributed by atoms with E-state index in [1.807, 2.05) is 13.8 Å². The first-order chi connectivity index (χ1) is 21.6. The fourth-order valence-electron chi connectivity index (χ4n) is 6.07. The number of carbonyl (C=O) groups excluding carboxylic acids is 1. The fraction of sp³-hybridized carbons (Fsp3) is 0.424. The number of anilines is 1. The average Bonchev–Trinajstić information content (AvgIpc) is 3.34. The molecule has 12 heteroatoms. The summed E-state index contributed by atoms with van der Waals surface area (Å²) in [6.07, 6.45) is 3.75. The molecule has 238 valence electrons. The Bertz CT molecular complexity index is 1830. The van der Waals surface area contributed by atoms with Crippen LogP contribution in [-0.4, -0.2) is 60.7 Å². The third-order valence-electron chi connectivity index (χ3n) is 8.67. The Morgan fingerprint density at radius 3 is 2.47 bits per heavy atom. The lowest BCUT2D eigenvalue weighted by atomic mass is 9.93. The monoisotopic (exact) mass is 633 g/mol. The van der Waals surface area contributed by atoms with Gasteiger partial charge in [0.25, 0.3) is 17.2 Å². The van der Waals surface area contributed by atoms with Crippen LogP contribution in [0.1, 0.15) is 57.7 Å². The van der Waals surface area contributed by atoms with E-state index in [9.17, 15) is 19.7 Å². The van der Waals surface area contributed by atoms with Crippen molar-refractivity contribution in [2.24, 2.45) is 10.9 Å². The van der Waals surface area contributed by atoms with E-state index in [0.29, 0.717) is 62.2 Å². The van der Waals surface area contributed by atoms with Gasteiger partial charge in [0, 0.05) is 55.1 Å². The summed E-state index contributed by atoms with van der Waals surface area (Å²) >= 11 is 1.19. The highest BCUT2D eigenvalue weighted by Gasteiger charge is 2.36. The van der Waals surface area contributed by atoms with Gasteiger partial charge in [0.05, 0.1) is 34.9 Å². The summed E-state index contributed by atoms with van der Waals surface area (Å²) in [4.78, 5) is 48.9. The summed E-state index contributed by atoms with van der Waals surface area (Å²) in [5.74, 6) is 1.44. The number of nitrogens with zero attached hydrogens (tertiary/aromatic N) is 5. The second-order valence-corrected chi connectivity index (χ2v) is 12.3. The Labute approximate surface area is 265 Å². The van der Waals surface area contributed by atoms with Crippen LogP contribution in [0, 0.1) is 16.0 Å². The van der Waals surface area contributed by atoms with Gasteiger partial charge in [-0.1, -0.05) is 18.3 Å². The second kappa shape index (κ2) is 13.3. The maximum Gasteiger partial charge on any atom is 0.271 e. The molecule has 3 heterocycles. The predicted molar refractivity (Wildman–Crippen MR) is 175 cm³/mol. The van der Waals surface area contributed by atoms with Crippen molar-refractivity contribution in [1.82, 2.24) is 9.47 Å². The van der Waals surface area contributed by atoms with Crippen LogP contribution in [0.3, 0.4) is 0 Å². The number of amides is 1. The maximum absolute atomic E-state index is 14.4. The van der Waals surface area contributed by atoms with Crippen LogP contribution in [0.5, 0.6) is 11.5 Å². The highest BCUT2D eigenvalue weighted by molar-refractivity contribution is 7.07. The number of fused-ring (bicyclic) bond motifs is 1. The molecule has 0 unspecified atom stereocenters. The number of ether oxygens (including phenoxy) is 2. The first-order valence-corrected chi connectivity index (χ1v) is 16.0. The maximum atomic E-state index is 14.4. The molecule has 5 rings (SSSR count). The number of nitro benzene ring substituents is 1. The number of likely N-dealkylation sites (N-methyl/N-ethyl adjacent to an activating group) is 1. The number of benzene rings is 2. The Kier molecular flexibility index (Phi) is 9.42. The van der Waals surface area contributed by atoms with Gasteiger partial charge in [0.2, 0.25) is 0 Å². The molecule has 1 fully saturated rings. The molecule has 3 aromatic rings. The van der Waals surface area contributed by atoms with Crippen molar-refractivity contribution in [2.45, 2.75) is 46.6 Å². The van der Waals surface area contributed by atoms with E-state index in [1.54, 1.807) is 56.4 Å². The Morgan fingerprint density at radius 1 is 1.13 bits per heavy atom. The molecule has 1 atom stereocenters. The number of hydrogen-bond donors (Lipinski definition) is 0. The predicted octanol–water partition coefficient (Wildman–Crippen LogP) is 4.27. The number of carbonyl (C=O) groups is 1. The molecule has 1 amide bonds. The van der Waals surface area contributed by atoms with E-state index >= 15 is 0 Å². The number of nitro groups is 1. The molecule has 2 aliphatic heterocycles. The number of non-ortho nitro benzene ring substituents is 1. The quantitative estimate of drug-likeness (QED) is 0.255. The summed E-state index contributed by atoms with van der Waals surface area (Å²) in [6.45, 7) is 10.5. The van der Waals surface area contributed by atoms with Crippen LogP contribution >= 0.6 is 11.3 Å². The second-order valence-electron chi connectivity index (χ2n) is 11.3. The van der Waals surface area contributed by atoms with Crippen LogP contribution < -0.4 is 29.3 Å². The normalized spacial score (nSPS) is 17.2. The van der Waals surface area contributed by atoms with Gasteiger partial charge in [-0.15, -0.1) is 0 Å². The van der Waals surface area contributed by atoms with Gasteiger partial charge in [-0.05, 0) is 69.9 Å². The van der Waals surface area contributed by atoms with Crippen molar-refractivity contribution in [2.75, 3.05) is 45.3 Å². The molecule has 0 N–H and O–H groups in total. The topological polar surface area (TPSA) is 120 Å². The summed E-state index contributed by atoms with van der Waals surface area (Å²) in [7, 11) is 3.10. The number of allylic oxidation sites excluding steroid dienone is 1. The summed E-state index contributed by atoms with van der Waals surface area (Å²) in [5.41, 5.74) is 2.51. The lowest BCUT2D eigenvalue weighted by molar-refractivity contribution is -0.384. The van der Waals surface area contributed by atoms with Crippen molar-refractivity contribution >= 4 is 34.7 Å². The van der Waals surface area contributed by atoms with Gasteiger partial charge in [-0.2, -0.15) is 0 Å². The fourth-order valence-corrected chi connectivity index (χ4v) is 7.11. The lowest BCUT2D eigenvalue weighted by Gasteiger charge is -2.33. The smallest absolute Gasteiger partial charge is 0.271 e. The van der Waals surface area contributed by atoms with E-state index in [2.05, 4.69) is 11.8 Å². The molecular weight excluding hydrogens is 594 g/mol. The van der Waals surface area contributed by atoms with Crippen LogP contribution in [0.25, 0.3) is 6.08 Å². The zero-order chi connectivity index (χ0) is 32.4. The highest BCUT2D eigenvalue weighted by Crippen LogP contribution is 2.38. The standard InChI is InChI=1S/C33H39N5O6S/c1-7-35(8-2)32(40)29-21(4)34-33-37(30(29)25-19-24(43-5)10-12-27(25)44-6)31(39)28(45-33)18-22-17-23(38(41)42)9-11-26(22)36-15-13-20(3)14-16-36/h9-12,17-20,30H,7-8,13-16H2,1-6H3/b28-18-/t30-/m0/s1. The Balaban J connectivity index is 1.76. The summed E-state index contributed by atoms with van der Waals surface area (Å²) < 4.78 is 13.2. The van der Waals surface area contributed by atoms with Crippen molar-refractivity contribution in [3.63, 3.8) is 0 Å². The van der Waals surface area contributed by atoms with Crippen LogP contribution in [0.4, 0.5) is 11.4 Å². The zero-order valence-corrected chi connectivity index (χ0v) is 27.3. The Morgan fingerprint density at radius 2 is 1.84 bits per heavy atom. The number of piperidine rings is 1. The van der Waals surface area contributed by atoms with E-state index in [-0.39, 0.29) is 17.2 Å². The van der Waals surface area contributed by atoms with Gasteiger partial charge >= 0.3 is 0 Å². The summed E-state index contributed by atoms with van der Waals surface area (Å²) in [6, 6.07) is 9.27. The van der Waals surface area contributed by atoms with Crippen LogP contribution in [-0.2, 0) is 4.79 Å². The minimum Gasteiger partial charge on any atom is -0.497 e. The summed E-state index contributed by atoms with van der Waals surface area (Å²) in [5, 5.41) is 11.8. The van der Waals surface area contributed by atoms with Gasteiger partial charge in [0.1, 0.15) is 17.5 Å². The van der Waals surface area contributed by atoms with Crippen LogP contribution in [0.15, 0.2) is 57.5 Å². The number of rotatable bonds is 9. The minimum atomic E-state index is -0.838. The average molecular weight is 634 g/mol. The van der Waals surface area contributed by atoms with E-state index in [1.165, 1.54) is 28.0 Å². The zero-order valence-electron chi connectivity index (χ0n) is 26.5. The van der Waals surface area contributed by atoms with Crippen molar-refractivity contribution < 1.29 is 19.2 Å². The minimum absolute atomic E-state index is 0.0508. The Hall–Kier alpha value is -4.45. The first-order valence-electron chi connectivity index (χ1n) is 15.2. The van der Waals surface area contributed by atoms with Crippen molar-refractivity contribution in [3.8, 4) is 11.5 Å². The largest absolute Gasteiger partial charge is 0.497 e. The lowest BCUT2D eigenvalue weighted by Crippen LogP contribution is -2.43. The molecule has 2 aliphatic rings. The number of aromatic nitrogens is 1. The molecule has 0 aliphatic carbocycles. The molecule has 45 heavy (non-hydrogen) atoms. The van der Waals surface area contributed by atoms with Gasteiger partial charge in [-0.25, -0.2) is 4.99 Å². The molecule has 0 bridgehead atoms. The molecule has 0 saturated carbocycles. The van der Waals surface area contributed by atoms with Gasteiger partial charge < -0.3 is 19.3 Å².